The molecule has 1 aromatic carbocycles. The van der Waals surface area contributed by atoms with Gasteiger partial charge in [0.15, 0.2) is 0 Å². The number of carbonyl (C=O) groups is 1. The number of ether oxygens (including phenoxy) is 1. The summed E-state index contributed by atoms with van der Waals surface area (Å²) in [6, 6.07) is 5.87. The summed E-state index contributed by atoms with van der Waals surface area (Å²) in [6.45, 7) is 2.94. The zero-order valence-corrected chi connectivity index (χ0v) is 14.4. The highest BCUT2D eigenvalue weighted by molar-refractivity contribution is 9.11. The van der Waals surface area contributed by atoms with Crippen molar-refractivity contribution in [3.05, 3.63) is 26.6 Å². The molecule has 1 rings (SSSR count). The van der Waals surface area contributed by atoms with Crippen LogP contribution in [-0.2, 0) is 11.2 Å². The first kappa shape index (κ1) is 17.0. The van der Waals surface area contributed by atoms with Gasteiger partial charge in [-0.1, -0.05) is 6.92 Å². The van der Waals surface area contributed by atoms with Crippen molar-refractivity contribution >= 4 is 37.8 Å². The predicted molar refractivity (Wildman–Crippen MR) is 84.6 cm³/mol. The number of hydrogen-bond donors (Lipinski definition) is 1. The van der Waals surface area contributed by atoms with Crippen LogP contribution in [0, 0.1) is 11.3 Å². The Morgan fingerprint density at radius 3 is 2.60 bits per heavy atom. The van der Waals surface area contributed by atoms with Gasteiger partial charge in [0.2, 0.25) is 5.91 Å². The fraction of sp³-hybridized carbons (Fsp3) is 0.429. The molecule has 0 atom stereocenters. The molecule has 0 aliphatic heterocycles. The molecule has 1 amide bonds. The largest absolute Gasteiger partial charge is 0.491 e. The fourth-order valence-electron chi connectivity index (χ4n) is 1.54. The van der Waals surface area contributed by atoms with Gasteiger partial charge >= 0.3 is 0 Å². The average Bonchev–Trinajstić information content (AvgIpc) is 2.41. The van der Waals surface area contributed by atoms with E-state index in [1.165, 1.54) is 0 Å². The highest BCUT2D eigenvalue weighted by Crippen LogP contribution is 2.34. The summed E-state index contributed by atoms with van der Waals surface area (Å²) in [5, 5.41) is 11.5. The summed E-state index contributed by atoms with van der Waals surface area (Å²) in [5.41, 5.74) is 0.925. The first-order valence-corrected chi connectivity index (χ1v) is 7.91. The van der Waals surface area contributed by atoms with Crippen LogP contribution in [0.15, 0.2) is 21.1 Å². The Bertz CT molecular complexity index is 489. The quantitative estimate of drug-likeness (QED) is 0.707. The molecule has 0 bridgehead atoms. The normalized spacial score (nSPS) is 9.90. The number of carbonyl (C=O) groups excluding carboxylic acids is 1. The molecule has 6 heteroatoms. The van der Waals surface area contributed by atoms with Crippen molar-refractivity contribution < 1.29 is 9.53 Å². The van der Waals surface area contributed by atoms with Crippen LogP contribution in [0.5, 0.6) is 5.75 Å². The summed E-state index contributed by atoms with van der Waals surface area (Å²) in [6.07, 6.45) is 1.60. The Labute approximate surface area is 135 Å². The minimum absolute atomic E-state index is 0.0493. The Kier molecular flexibility index (Phi) is 7.63. The summed E-state index contributed by atoms with van der Waals surface area (Å²) in [7, 11) is 0. The van der Waals surface area contributed by atoms with E-state index in [2.05, 4.69) is 43.2 Å². The van der Waals surface area contributed by atoms with Crippen molar-refractivity contribution in [1.29, 1.82) is 5.26 Å². The first-order valence-electron chi connectivity index (χ1n) is 6.32. The lowest BCUT2D eigenvalue weighted by Gasteiger charge is -2.11. The molecule has 0 aliphatic carbocycles. The Hall–Kier alpha value is -1.06. The van der Waals surface area contributed by atoms with Crippen LogP contribution in [0.25, 0.3) is 0 Å². The van der Waals surface area contributed by atoms with Gasteiger partial charge in [0.25, 0.3) is 0 Å². The number of halogens is 2. The van der Waals surface area contributed by atoms with Crippen LogP contribution in [0.2, 0.25) is 0 Å². The molecule has 0 aromatic heterocycles. The molecule has 20 heavy (non-hydrogen) atoms. The van der Waals surface area contributed by atoms with Crippen molar-refractivity contribution in [3.8, 4) is 11.8 Å². The van der Waals surface area contributed by atoms with Gasteiger partial charge in [0.1, 0.15) is 5.75 Å². The van der Waals surface area contributed by atoms with Crippen LogP contribution in [-0.4, -0.2) is 19.1 Å². The number of nitriles is 1. The van der Waals surface area contributed by atoms with E-state index in [-0.39, 0.29) is 5.91 Å². The van der Waals surface area contributed by atoms with Crippen molar-refractivity contribution in [1.82, 2.24) is 5.32 Å². The molecule has 108 valence electrons. The van der Waals surface area contributed by atoms with Gasteiger partial charge in [0, 0.05) is 13.0 Å². The Balaban J connectivity index is 2.48. The van der Waals surface area contributed by atoms with Crippen LogP contribution in [0.1, 0.15) is 25.3 Å². The SMILES string of the molecule is CCC(=O)NCCCOc1c(Br)cc(CC#N)cc1Br. The zero-order valence-electron chi connectivity index (χ0n) is 11.2. The molecule has 0 heterocycles. The van der Waals surface area contributed by atoms with E-state index in [1.54, 1.807) is 0 Å². The molecular weight excluding hydrogens is 388 g/mol. The minimum Gasteiger partial charge on any atom is -0.491 e. The van der Waals surface area contributed by atoms with Gasteiger partial charge in [-0.15, -0.1) is 0 Å². The average molecular weight is 404 g/mol. The first-order chi connectivity index (χ1) is 9.58. The molecular formula is C14H16Br2N2O2. The molecule has 0 saturated heterocycles. The third kappa shape index (κ3) is 5.51. The maximum absolute atomic E-state index is 11.1. The van der Waals surface area contributed by atoms with Crippen molar-refractivity contribution in [2.45, 2.75) is 26.2 Å². The van der Waals surface area contributed by atoms with Crippen LogP contribution in [0.4, 0.5) is 0 Å². The van der Waals surface area contributed by atoms with E-state index in [0.717, 1.165) is 20.9 Å². The Morgan fingerprint density at radius 2 is 2.05 bits per heavy atom. The number of nitrogens with zero attached hydrogens (tertiary/aromatic N) is 1. The topological polar surface area (TPSA) is 62.1 Å². The summed E-state index contributed by atoms with van der Waals surface area (Å²) >= 11 is 6.87. The second-order valence-electron chi connectivity index (χ2n) is 4.13. The molecule has 0 aliphatic rings. The van der Waals surface area contributed by atoms with Gasteiger partial charge in [-0.2, -0.15) is 5.26 Å². The smallest absolute Gasteiger partial charge is 0.219 e. The summed E-state index contributed by atoms with van der Waals surface area (Å²) < 4.78 is 7.32. The second kappa shape index (κ2) is 8.98. The molecule has 0 spiro atoms. The summed E-state index contributed by atoms with van der Waals surface area (Å²) in [5.74, 6) is 0.765. The van der Waals surface area contributed by atoms with Gasteiger partial charge in [-0.25, -0.2) is 0 Å². The van der Waals surface area contributed by atoms with Crippen molar-refractivity contribution in [2.24, 2.45) is 0 Å². The van der Waals surface area contributed by atoms with Gasteiger partial charge in [-0.3, -0.25) is 4.79 Å². The van der Waals surface area contributed by atoms with Gasteiger partial charge in [0.05, 0.1) is 28.0 Å². The number of rotatable bonds is 7. The lowest BCUT2D eigenvalue weighted by molar-refractivity contribution is -0.120. The maximum atomic E-state index is 11.1. The molecule has 1 N–H and O–H groups in total. The number of hydrogen-bond acceptors (Lipinski definition) is 3. The van der Waals surface area contributed by atoms with Crippen molar-refractivity contribution in [2.75, 3.05) is 13.2 Å². The number of benzene rings is 1. The molecule has 0 saturated carbocycles. The van der Waals surface area contributed by atoms with E-state index in [0.29, 0.717) is 31.7 Å². The minimum atomic E-state index is 0.0493. The predicted octanol–water partition coefficient (Wildman–Crippen LogP) is 3.57. The third-order valence-corrected chi connectivity index (χ3v) is 3.73. The Morgan fingerprint density at radius 1 is 1.40 bits per heavy atom. The molecule has 0 unspecified atom stereocenters. The number of nitrogens with one attached hydrogen (secondary N) is 1. The lowest BCUT2D eigenvalue weighted by atomic mass is 10.2. The standard InChI is InChI=1S/C14H16Br2N2O2/c1-2-13(19)18-6-3-7-20-14-11(15)8-10(4-5-17)9-12(14)16/h8-9H,2-4,6-7H2,1H3,(H,18,19). The maximum Gasteiger partial charge on any atom is 0.219 e. The van der Waals surface area contributed by atoms with E-state index in [1.807, 2.05) is 19.1 Å². The lowest BCUT2D eigenvalue weighted by Crippen LogP contribution is -2.24. The van der Waals surface area contributed by atoms with E-state index >= 15 is 0 Å². The third-order valence-electron chi connectivity index (χ3n) is 2.55. The van der Waals surface area contributed by atoms with Crippen LogP contribution < -0.4 is 10.1 Å². The van der Waals surface area contributed by atoms with Crippen LogP contribution in [0.3, 0.4) is 0 Å². The van der Waals surface area contributed by atoms with E-state index < -0.39 is 0 Å². The van der Waals surface area contributed by atoms with Crippen molar-refractivity contribution in [3.63, 3.8) is 0 Å². The fourth-order valence-corrected chi connectivity index (χ4v) is 3.05. The van der Waals surface area contributed by atoms with Crippen LogP contribution >= 0.6 is 31.9 Å². The molecule has 0 fully saturated rings. The van der Waals surface area contributed by atoms with Gasteiger partial charge < -0.3 is 10.1 Å². The molecule has 1 aromatic rings. The second-order valence-corrected chi connectivity index (χ2v) is 5.84. The molecule has 4 nitrogen and oxygen atoms in total. The zero-order chi connectivity index (χ0) is 15.0. The summed E-state index contributed by atoms with van der Waals surface area (Å²) in [4.78, 5) is 11.1. The highest BCUT2D eigenvalue weighted by atomic mass is 79.9. The monoisotopic (exact) mass is 402 g/mol. The van der Waals surface area contributed by atoms with Gasteiger partial charge in [-0.05, 0) is 56.0 Å². The van der Waals surface area contributed by atoms with E-state index in [4.69, 9.17) is 10.00 Å². The highest BCUT2D eigenvalue weighted by Gasteiger charge is 2.09. The number of amides is 1. The van der Waals surface area contributed by atoms with E-state index in [9.17, 15) is 4.79 Å². The molecule has 0 radical (unpaired) electrons.